The first-order valence-corrected chi connectivity index (χ1v) is 5.52. The molecule has 6 heteroatoms. The van der Waals surface area contributed by atoms with E-state index in [0.717, 1.165) is 25.7 Å². The summed E-state index contributed by atoms with van der Waals surface area (Å²) in [5.41, 5.74) is 10.2. The number of nitrogens with one attached hydrogen (secondary N) is 1. The third-order valence-electron chi connectivity index (χ3n) is 2.18. The highest BCUT2D eigenvalue weighted by atomic mass is 16.3. The van der Waals surface area contributed by atoms with Crippen LogP contribution in [0.5, 0.6) is 0 Å². The highest BCUT2D eigenvalue weighted by Gasteiger charge is 2.11. The highest BCUT2D eigenvalue weighted by molar-refractivity contribution is 5.80. The molecule has 0 radical (unpaired) electrons. The van der Waals surface area contributed by atoms with Crippen LogP contribution in [0.25, 0.3) is 0 Å². The van der Waals surface area contributed by atoms with Crippen molar-refractivity contribution in [3.63, 3.8) is 0 Å². The molecule has 6 nitrogen and oxygen atoms in total. The fraction of sp³-hybridized carbons (Fsp3) is 0.800. The Hall–Kier alpha value is -1.14. The van der Waals surface area contributed by atoms with Crippen molar-refractivity contribution in [1.82, 2.24) is 5.32 Å². The van der Waals surface area contributed by atoms with E-state index in [1.807, 2.05) is 0 Å². The lowest BCUT2D eigenvalue weighted by molar-refractivity contribution is -0.127. The minimum Gasteiger partial charge on any atom is -0.381 e. The van der Waals surface area contributed by atoms with Gasteiger partial charge in [0, 0.05) is 6.42 Å². The predicted octanol–water partition coefficient (Wildman–Crippen LogP) is -1.14. The molecule has 0 bridgehead atoms. The number of aliphatic hydroxyl groups is 1. The number of nitrogens with two attached hydrogens (primary N) is 2. The lowest BCUT2D eigenvalue weighted by atomic mass is 10.1. The summed E-state index contributed by atoms with van der Waals surface area (Å²) >= 11 is 0. The van der Waals surface area contributed by atoms with Gasteiger partial charge in [0.25, 0.3) is 0 Å². The van der Waals surface area contributed by atoms with Gasteiger partial charge in [-0.1, -0.05) is 12.8 Å². The lowest BCUT2D eigenvalue weighted by Gasteiger charge is -2.08. The number of hydrogen-bond acceptors (Lipinski definition) is 4. The smallest absolute Gasteiger partial charge is 0.248 e. The van der Waals surface area contributed by atoms with E-state index >= 15 is 0 Å². The molecule has 0 aromatic rings. The summed E-state index contributed by atoms with van der Waals surface area (Å²) in [4.78, 5) is 21.7. The van der Waals surface area contributed by atoms with Crippen molar-refractivity contribution in [2.45, 2.75) is 38.2 Å². The van der Waals surface area contributed by atoms with Gasteiger partial charge in [0.1, 0.15) is 6.10 Å². The van der Waals surface area contributed by atoms with Crippen molar-refractivity contribution in [1.29, 1.82) is 0 Å². The van der Waals surface area contributed by atoms with Crippen molar-refractivity contribution < 1.29 is 14.7 Å². The van der Waals surface area contributed by atoms with Crippen LogP contribution < -0.4 is 16.8 Å². The number of aliphatic hydroxyl groups excluding tert-OH is 1. The van der Waals surface area contributed by atoms with Gasteiger partial charge in [0.15, 0.2) is 0 Å². The molecule has 16 heavy (non-hydrogen) atoms. The maximum absolute atomic E-state index is 11.2. The highest BCUT2D eigenvalue weighted by Crippen LogP contribution is 2.01. The summed E-state index contributed by atoms with van der Waals surface area (Å²) in [5.74, 6) is -1.00. The van der Waals surface area contributed by atoms with Crippen LogP contribution in [0, 0.1) is 0 Å². The Morgan fingerprint density at radius 2 is 1.81 bits per heavy atom. The Kier molecular flexibility index (Phi) is 8.46. The van der Waals surface area contributed by atoms with Crippen molar-refractivity contribution in [2.24, 2.45) is 11.5 Å². The monoisotopic (exact) mass is 231 g/mol. The van der Waals surface area contributed by atoms with E-state index in [4.69, 9.17) is 16.6 Å². The van der Waals surface area contributed by atoms with Gasteiger partial charge in [-0.15, -0.1) is 0 Å². The van der Waals surface area contributed by atoms with E-state index in [9.17, 15) is 9.59 Å². The number of primary amides is 1. The second-order valence-corrected chi connectivity index (χ2v) is 3.68. The van der Waals surface area contributed by atoms with Gasteiger partial charge in [-0.05, 0) is 19.4 Å². The SMILES string of the molecule is NCCCCCCC(=O)NCC(O)C(N)=O. The third-order valence-corrected chi connectivity index (χ3v) is 2.18. The molecule has 0 saturated heterocycles. The molecule has 2 amide bonds. The fourth-order valence-electron chi connectivity index (χ4n) is 1.18. The molecule has 1 atom stereocenters. The summed E-state index contributed by atoms with van der Waals surface area (Å²) in [6, 6.07) is 0. The second kappa shape index (κ2) is 9.11. The van der Waals surface area contributed by atoms with Crippen LogP contribution >= 0.6 is 0 Å². The Morgan fingerprint density at radius 3 is 2.38 bits per heavy atom. The first-order chi connectivity index (χ1) is 7.57. The zero-order chi connectivity index (χ0) is 12.4. The molecule has 0 aliphatic rings. The molecule has 0 aliphatic carbocycles. The number of unbranched alkanes of at least 4 members (excludes halogenated alkanes) is 3. The molecule has 0 fully saturated rings. The number of amides is 2. The van der Waals surface area contributed by atoms with E-state index in [1.54, 1.807) is 0 Å². The van der Waals surface area contributed by atoms with Crippen molar-refractivity contribution in [2.75, 3.05) is 13.1 Å². The standard InChI is InChI=1S/C10H21N3O3/c11-6-4-2-1-3-5-9(15)13-7-8(14)10(12)16/h8,14H,1-7,11H2,(H2,12,16)(H,13,15). The van der Waals surface area contributed by atoms with Crippen LogP contribution in [-0.4, -0.2) is 36.1 Å². The van der Waals surface area contributed by atoms with Crippen LogP contribution in [0.2, 0.25) is 0 Å². The summed E-state index contributed by atoms with van der Waals surface area (Å²) < 4.78 is 0. The Bertz CT molecular complexity index is 221. The van der Waals surface area contributed by atoms with Crippen molar-refractivity contribution in [3.05, 3.63) is 0 Å². The lowest BCUT2D eigenvalue weighted by Crippen LogP contribution is -2.39. The van der Waals surface area contributed by atoms with E-state index in [2.05, 4.69) is 5.32 Å². The zero-order valence-electron chi connectivity index (χ0n) is 9.45. The quantitative estimate of drug-likeness (QED) is 0.375. The van der Waals surface area contributed by atoms with Crippen molar-refractivity contribution >= 4 is 11.8 Å². The summed E-state index contributed by atoms with van der Waals surface area (Å²) in [7, 11) is 0. The van der Waals surface area contributed by atoms with Crippen LogP contribution in [0.3, 0.4) is 0 Å². The van der Waals surface area contributed by atoms with Crippen molar-refractivity contribution in [3.8, 4) is 0 Å². The topological polar surface area (TPSA) is 118 Å². The van der Waals surface area contributed by atoms with Crippen LogP contribution in [-0.2, 0) is 9.59 Å². The first kappa shape index (κ1) is 14.9. The maximum atomic E-state index is 11.2. The van der Waals surface area contributed by atoms with Gasteiger partial charge in [0.05, 0.1) is 6.54 Å². The molecule has 0 heterocycles. The number of carbonyl (C=O) groups excluding carboxylic acids is 2. The largest absolute Gasteiger partial charge is 0.381 e. The number of hydrogen-bond donors (Lipinski definition) is 4. The first-order valence-electron chi connectivity index (χ1n) is 5.52. The molecule has 0 spiro atoms. The molecule has 0 saturated carbocycles. The Balaban J connectivity index is 3.41. The fourth-order valence-corrected chi connectivity index (χ4v) is 1.18. The van der Waals surface area contributed by atoms with E-state index in [-0.39, 0.29) is 12.5 Å². The normalized spacial score (nSPS) is 12.1. The molecule has 6 N–H and O–H groups in total. The number of rotatable bonds is 9. The van der Waals surface area contributed by atoms with E-state index < -0.39 is 12.0 Å². The minimum absolute atomic E-state index is 0.114. The second-order valence-electron chi connectivity index (χ2n) is 3.68. The predicted molar refractivity (Wildman–Crippen MR) is 60.4 cm³/mol. The summed E-state index contributed by atoms with van der Waals surface area (Å²) in [5, 5.41) is 11.5. The van der Waals surface area contributed by atoms with Gasteiger partial charge in [-0.25, -0.2) is 0 Å². The molecule has 0 aromatic carbocycles. The molecule has 1 unspecified atom stereocenters. The van der Waals surface area contributed by atoms with Crippen LogP contribution in [0.15, 0.2) is 0 Å². The average molecular weight is 231 g/mol. The Labute approximate surface area is 95.4 Å². The summed E-state index contributed by atoms with van der Waals surface area (Å²) in [6.45, 7) is 0.563. The Morgan fingerprint density at radius 1 is 1.19 bits per heavy atom. The molecule has 0 aliphatic heterocycles. The molecule has 0 aromatic heterocycles. The van der Waals surface area contributed by atoms with Gasteiger partial charge in [-0.2, -0.15) is 0 Å². The molecule has 0 rings (SSSR count). The van der Waals surface area contributed by atoms with Gasteiger partial charge in [-0.3, -0.25) is 9.59 Å². The van der Waals surface area contributed by atoms with Gasteiger partial charge < -0.3 is 21.9 Å². The van der Waals surface area contributed by atoms with E-state index in [1.165, 1.54) is 0 Å². The van der Waals surface area contributed by atoms with Crippen LogP contribution in [0.1, 0.15) is 32.1 Å². The molecular formula is C10H21N3O3. The average Bonchev–Trinajstić information content (AvgIpc) is 2.25. The summed E-state index contributed by atoms with van der Waals surface area (Å²) in [6.07, 6.45) is 2.84. The third kappa shape index (κ3) is 8.19. The molecular weight excluding hydrogens is 210 g/mol. The zero-order valence-corrected chi connectivity index (χ0v) is 9.45. The van der Waals surface area contributed by atoms with Gasteiger partial charge >= 0.3 is 0 Å². The maximum Gasteiger partial charge on any atom is 0.248 e. The number of carbonyl (C=O) groups is 2. The minimum atomic E-state index is -1.30. The van der Waals surface area contributed by atoms with Gasteiger partial charge in [0.2, 0.25) is 11.8 Å². The van der Waals surface area contributed by atoms with E-state index in [0.29, 0.717) is 13.0 Å². The molecule has 94 valence electrons. The van der Waals surface area contributed by atoms with Crippen LogP contribution in [0.4, 0.5) is 0 Å².